The van der Waals surface area contributed by atoms with Gasteiger partial charge < -0.3 is 15.7 Å². The van der Waals surface area contributed by atoms with Crippen LogP contribution < -0.4 is 10.6 Å². The second-order valence-corrected chi connectivity index (χ2v) is 4.80. The molecule has 0 aliphatic rings. The normalized spacial score (nSPS) is 11.7. The second kappa shape index (κ2) is 11.3. The zero-order valence-corrected chi connectivity index (χ0v) is 12.4. The summed E-state index contributed by atoms with van der Waals surface area (Å²) in [6.45, 7) is 4.36. The molecule has 0 saturated carbocycles. The van der Waals surface area contributed by atoms with E-state index in [4.69, 9.17) is 5.11 Å². The van der Waals surface area contributed by atoms with Gasteiger partial charge in [0.15, 0.2) is 0 Å². The summed E-state index contributed by atoms with van der Waals surface area (Å²) in [5.41, 5.74) is 0. The molecule has 0 aliphatic heterocycles. The first-order valence-corrected chi connectivity index (χ1v) is 7.30. The van der Waals surface area contributed by atoms with E-state index in [1.807, 2.05) is 13.8 Å². The summed E-state index contributed by atoms with van der Waals surface area (Å²) >= 11 is 0. The van der Waals surface area contributed by atoms with E-state index in [1.165, 1.54) is 0 Å². The zero-order chi connectivity index (χ0) is 15.4. The lowest BCUT2D eigenvalue weighted by Gasteiger charge is -2.14. The molecule has 0 fully saturated rings. The first-order valence-electron chi connectivity index (χ1n) is 7.30. The van der Waals surface area contributed by atoms with Gasteiger partial charge in [-0.25, -0.2) is 4.79 Å². The van der Waals surface area contributed by atoms with E-state index in [9.17, 15) is 14.4 Å². The number of hydrogen-bond donors (Lipinski definition) is 3. The van der Waals surface area contributed by atoms with Crippen LogP contribution in [0.1, 0.15) is 58.8 Å². The quantitative estimate of drug-likeness (QED) is 0.501. The Morgan fingerprint density at radius 3 is 2.15 bits per heavy atom. The Kier molecular flexibility index (Phi) is 10.4. The molecule has 20 heavy (non-hydrogen) atoms. The molecule has 0 aromatic heterocycles. The number of hydrogen-bond acceptors (Lipinski definition) is 3. The highest BCUT2D eigenvalue weighted by molar-refractivity contribution is 5.83. The van der Waals surface area contributed by atoms with Crippen molar-refractivity contribution < 1.29 is 19.5 Å². The number of carboxylic acid groups (broad SMARTS) is 1. The van der Waals surface area contributed by atoms with Gasteiger partial charge in [-0.1, -0.05) is 13.8 Å². The minimum Gasteiger partial charge on any atom is -0.480 e. The third-order valence-electron chi connectivity index (χ3n) is 2.83. The van der Waals surface area contributed by atoms with Gasteiger partial charge in [0.05, 0.1) is 0 Å². The highest BCUT2D eigenvalue weighted by Gasteiger charge is 2.18. The summed E-state index contributed by atoms with van der Waals surface area (Å²) in [5, 5.41) is 14.3. The molecule has 1 atom stereocenters. The standard InChI is InChI=1S/C14H26N2O4/c1-3-7-12(17)15-10-6-5-9-11(14(19)20)16-13(18)8-4-2/h11H,3-10H2,1-2H3,(H,15,17)(H,16,18)(H,19,20). The van der Waals surface area contributed by atoms with E-state index >= 15 is 0 Å². The average Bonchev–Trinajstić information content (AvgIpc) is 2.37. The van der Waals surface area contributed by atoms with Crippen LogP contribution in [0.15, 0.2) is 0 Å². The lowest BCUT2D eigenvalue weighted by Crippen LogP contribution is -2.40. The molecule has 0 radical (unpaired) electrons. The smallest absolute Gasteiger partial charge is 0.326 e. The lowest BCUT2D eigenvalue weighted by molar-refractivity contribution is -0.142. The number of nitrogens with one attached hydrogen (secondary N) is 2. The van der Waals surface area contributed by atoms with Crippen molar-refractivity contribution in [1.82, 2.24) is 10.6 Å². The maximum Gasteiger partial charge on any atom is 0.326 e. The molecule has 0 rings (SSSR count). The van der Waals surface area contributed by atoms with E-state index in [0.29, 0.717) is 45.1 Å². The summed E-state index contributed by atoms with van der Waals surface area (Å²) in [6.07, 6.45) is 4.12. The van der Waals surface area contributed by atoms with Gasteiger partial charge in [-0.3, -0.25) is 9.59 Å². The molecule has 6 heteroatoms. The van der Waals surface area contributed by atoms with Gasteiger partial charge in [0.25, 0.3) is 0 Å². The van der Waals surface area contributed by atoms with Crippen molar-refractivity contribution in [3.05, 3.63) is 0 Å². The molecule has 0 aliphatic carbocycles. The average molecular weight is 286 g/mol. The minimum atomic E-state index is -1.01. The molecule has 0 bridgehead atoms. The van der Waals surface area contributed by atoms with Gasteiger partial charge in [0.1, 0.15) is 6.04 Å². The Morgan fingerprint density at radius 2 is 1.60 bits per heavy atom. The molecule has 0 saturated heterocycles. The number of unbranched alkanes of at least 4 members (excludes halogenated alkanes) is 1. The zero-order valence-electron chi connectivity index (χ0n) is 12.4. The summed E-state index contributed by atoms with van der Waals surface area (Å²) in [7, 11) is 0. The van der Waals surface area contributed by atoms with Gasteiger partial charge in [0.2, 0.25) is 11.8 Å². The van der Waals surface area contributed by atoms with Crippen molar-refractivity contribution in [1.29, 1.82) is 0 Å². The van der Waals surface area contributed by atoms with Crippen LogP contribution in [0.4, 0.5) is 0 Å². The Labute approximate surface area is 120 Å². The van der Waals surface area contributed by atoms with Crippen LogP contribution in [-0.4, -0.2) is 35.5 Å². The lowest BCUT2D eigenvalue weighted by atomic mass is 10.1. The van der Waals surface area contributed by atoms with Crippen molar-refractivity contribution in [2.45, 2.75) is 64.8 Å². The molecule has 0 aromatic rings. The highest BCUT2D eigenvalue weighted by Crippen LogP contribution is 2.02. The van der Waals surface area contributed by atoms with Gasteiger partial charge >= 0.3 is 5.97 Å². The Morgan fingerprint density at radius 1 is 1.00 bits per heavy atom. The number of amides is 2. The van der Waals surface area contributed by atoms with Crippen molar-refractivity contribution in [2.24, 2.45) is 0 Å². The van der Waals surface area contributed by atoms with E-state index in [0.717, 1.165) is 6.42 Å². The molecular weight excluding hydrogens is 260 g/mol. The van der Waals surface area contributed by atoms with Crippen LogP contribution in [0, 0.1) is 0 Å². The summed E-state index contributed by atoms with van der Waals surface area (Å²) < 4.78 is 0. The fourth-order valence-electron chi connectivity index (χ4n) is 1.77. The first kappa shape index (κ1) is 18.4. The van der Waals surface area contributed by atoms with Crippen molar-refractivity contribution in [2.75, 3.05) is 6.54 Å². The molecule has 1 unspecified atom stereocenters. The molecule has 116 valence electrons. The molecule has 0 aromatic carbocycles. The number of carbonyl (C=O) groups excluding carboxylic acids is 2. The van der Waals surface area contributed by atoms with Crippen LogP contribution >= 0.6 is 0 Å². The summed E-state index contributed by atoms with van der Waals surface area (Å²) in [5.74, 6) is -1.21. The van der Waals surface area contributed by atoms with E-state index in [1.54, 1.807) is 0 Å². The molecular formula is C14H26N2O4. The molecule has 0 spiro atoms. The predicted octanol–water partition coefficient (Wildman–Crippen LogP) is 1.44. The highest BCUT2D eigenvalue weighted by atomic mass is 16.4. The van der Waals surface area contributed by atoms with Crippen molar-refractivity contribution in [3.63, 3.8) is 0 Å². The van der Waals surface area contributed by atoms with Gasteiger partial charge in [-0.05, 0) is 32.1 Å². The van der Waals surface area contributed by atoms with Crippen LogP contribution in [0.25, 0.3) is 0 Å². The predicted molar refractivity (Wildman–Crippen MR) is 76.2 cm³/mol. The Hall–Kier alpha value is -1.59. The fraction of sp³-hybridized carbons (Fsp3) is 0.786. The van der Waals surface area contributed by atoms with E-state index in [2.05, 4.69) is 10.6 Å². The topological polar surface area (TPSA) is 95.5 Å². The van der Waals surface area contributed by atoms with E-state index in [-0.39, 0.29) is 11.8 Å². The molecule has 3 N–H and O–H groups in total. The maximum absolute atomic E-state index is 11.4. The first-order chi connectivity index (χ1) is 9.51. The Balaban J connectivity index is 3.84. The maximum atomic E-state index is 11.4. The summed E-state index contributed by atoms with van der Waals surface area (Å²) in [6, 6.07) is -0.833. The van der Waals surface area contributed by atoms with Gasteiger partial charge in [0, 0.05) is 19.4 Å². The fourth-order valence-corrected chi connectivity index (χ4v) is 1.77. The number of carbonyl (C=O) groups is 3. The van der Waals surface area contributed by atoms with E-state index < -0.39 is 12.0 Å². The van der Waals surface area contributed by atoms with Crippen LogP contribution in [-0.2, 0) is 14.4 Å². The molecule has 0 heterocycles. The molecule has 6 nitrogen and oxygen atoms in total. The summed E-state index contributed by atoms with van der Waals surface area (Å²) in [4.78, 5) is 33.6. The number of aliphatic carboxylic acids is 1. The minimum absolute atomic E-state index is 0.0264. The largest absolute Gasteiger partial charge is 0.480 e. The monoisotopic (exact) mass is 286 g/mol. The molecule has 2 amide bonds. The van der Waals surface area contributed by atoms with Crippen molar-refractivity contribution in [3.8, 4) is 0 Å². The van der Waals surface area contributed by atoms with Crippen LogP contribution in [0.2, 0.25) is 0 Å². The Bertz CT molecular complexity index is 318. The number of carboxylic acids is 1. The SMILES string of the molecule is CCCC(=O)NCCCCC(NC(=O)CCC)C(=O)O. The third-order valence-corrected chi connectivity index (χ3v) is 2.83. The van der Waals surface area contributed by atoms with Gasteiger partial charge in [-0.2, -0.15) is 0 Å². The van der Waals surface area contributed by atoms with Crippen LogP contribution in [0.3, 0.4) is 0 Å². The van der Waals surface area contributed by atoms with Crippen LogP contribution in [0.5, 0.6) is 0 Å². The van der Waals surface area contributed by atoms with Gasteiger partial charge in [-0.15, -0.1) is 0 Å². The third kappa shape index (κ3) is 9.35. The number of rotatable bonds is 11. The van der Waals surface area contributed by atoms with Crippen molar-refractivity contribution >= 4 is 17.8 Å². The second-order valence-electron chi connectivity index (χ2n) is 4.80.